The minimum absolute atomic E-state index is 0.0456. The second-order valence-electron chi connectivity index (χ2n) is 12.4. The van der Waals surface area contributed by atoms with Gasteiger partial charge >= 0.3 is 0 Å². The molecule has 0 spiro atoms. The second kappa shape index (κ2) is 5.85. The summed E-state index contributed by atoms with van der Waals surface area (Å²) in [6, 6.07) is 0. The van der Waals surface area contributed by atoms with Crippen molar-refractivity contribution >= 4 is 33.3 Å². The minimum Gasteiger partial charge on any atom is -0.252 e. The summed E-state index contributed by atoms with van der Waals surface area (Å²) in [6.45, 7) is 28.8. The topological polar surface area (TPSA) is 17.1 Å². The number of rotatable bonds is 1. The molecule has 4 unspecified atom stereocenters. The number of hydrogen-bond donors (Lipinski definition) is 0. The largest absolute Gasteiger partial charge is 0.280 e. The first-order chi connectivity index (χ1) is 11.8. The molecule has 2 aliphatic rings. The molecule has 27 heavy (non-hydrogen) atoms. The van der Waals surface area contributed by atoms with Crippen molar-refractivity contribution in [3.63, 3.8) is 0 Å². The number of carbonyl (C=O) groups is 1. The Morgan fingerprint density at radius 2 is 1.15 bits per heavy atom. The second-order valence-corrected chi connectivity index (χ2v) is 32.3. The fraction of sp³-hybridized carbons (Fsp3) is 0.773. The van der Waals surface area contributed by atoms with Crippen LogP contribution >= 0.6 is 27.7 Å². The minimum atomic E-state index is -1.59. The van der Waals surface area contributed by atoms with Crippen LogP contribution in [0.5, 0.6) is 0 Å². The predicted molar refractivity (Wildman–Crippen MR) is 131 cm³/mol. The van der Waals surface area contributed by atoms with E-state index in [-0.39, 0.29) is 42.8 Å². The maximum absolute atomic E-state index is 13.4. The van der Waals surface area contributed by atoms with E-state index in [9.17, 15) is 4.79 Å². The van der Waals surface area contributed by atoms with E-state index < -0.39 is 6.64 Å². The molecule has 1 aromatic rings. The molecule has 152 valence electrons. The van der Waals surface area contributed by atoms with Crippen molar-refractivity contribution < 1.29 is 4.79 Å². The predicted octanol–water partition coefficient (Wildman–Crippen LogP) is 10.1. The summed E-state index contributed by atoms with van der Waals surface area (Å²) < 4.78 is 0. The molecule has 0 aliphatic carbocycles. The maximum atomic E-state index is 13.4. The number of fused-ring (bicyclic) bond motifs is 4. The van der Waals surface area contributed by atoms with Gasteiger partial charge in [0, 0.05) is 35.1 Å². The van der Waals surface area contributed by atoms with Crippen LogP contribution in [0.25, 0.3) is 0 Å². The van der Waals surface area contributed by atoms with Gasteiger partial charge < -0.3 is 0 Å². The van der Waals surface area contributed by atoms with Crippen molar-refractivity contribution in [2.45, 2.75) is 101 Å². The summed E-state index contributed by atoms with van der Waals surface area (Å²) in [5, 5.41) is 6.94. The Morgan fingerprint density at radius 3 is 1.44 bits per heavy atom. The van der Waals surface area contributed by atoms with Crippen LogP contribution in [-0.4, -0.2) is 5.52 Å². The lowest BCUT2D eigenvalue weighted by molar-refractivity contribution is -0.109. The first-order valence-corrected chi connectivity index (χ1v) is 18.8. The van der Waals surface area contributed by atoms with Crippen molar-refractivity contribution in [2.75, 3.05) is 0 Å². The van der Waals surface area contributed by atoms with Crippen LogP contribution in [0.15, 0.2) is 10.6 Å². The van der Waals surface area contributed by atoms with Gasteiger partial charge in [0.2, 0.25) is 0 Å². The lowest BCUT2D eigenvalue weighted by Gasteiger charge is -2.62. The average molecular weight is 443 g/mol. The van der Waals surface area contributed by atoms with E-state index in [0.29, 0.717) is 5.52 Å². The Morgan fingerprint density at radius 1 is 0.704 bits per heavy atom. The summed E-state index contributed by atoms with van der Waals surface area (Å²) in [5.74, 6) is 0. The highest BCUT2D eigenvalue weighted by atomic mass is 32.9. The van der Waals surface area contributed by atoms with Gasteiger partial charge in [-0.1, -0.05) is 83.1 Å². The van der Waals surface area contributed by atoms with Gasteiger partial charge in [-0.25, -0.2) is 0 Å². The molecule has 5 heteroatoms. The van der Waals surface area contributed by atoms with E-state index in [1.165, 1.54) is 0 Å². The molecule has 3 heterocycles. The lowest BCUT2D eigenvalue weighted by Crippen LogP contribution is -2.34. The Bertz CT molecular complexity index is 853. The SMILES string of the molecule is CC(=O)[P+]12C(C(C)(C)C)=C(C(C)(C)C)P1p1c(C(C)(C)C)c(C(C)(C)C)p12. The average Bonchev–Trinajstić information content (AvgIpc) is 2.29. The molecule has 4 atom stereocenters. The van der Waals surface area contributed by atoms with E-state index in [0.717, 1.165) is 0 Å². The first kappa shape index (κ1) is 22.3. The summed E-state index contributed by atoms with van der Waals surface area (Å²) in [5.41, 5.74) is 1.38. The van der Waals surface area contributed by atoms with Gasteiger partial charge in [0.15, 0.2) is 13.9 Å². The highest BCUT2D eigenvalue weighted by Crippen LogP contribution is 3.31. The van der Waals surface area contributed by atoms with E-state index >= 15 is 0 Å². The molecule has 0 radical (unpaired) electrons. The van der Waals surface area contributed by atoms with Crippen LogP contribution in [0.1, 0.15) is 101 Å². The van der Waals surface area contributed by atoms with Crippen molar-refractivity contribution in [3.8, 4) is 0 Å². The zero-order valence-electron chi connectivity index (χ0n) is 19.7. The van der Waals surface area contributed by atoms with E-state index in [1.54, 1.807) is 21.2 Å². The van der Waals surface area contributed by atoms with Gasteiger partial charge in [0.05, 0.1) is 6.90 Å². The van der Waals surface area contributed by atoms with Crippen molar-refractivity contribution in [2.24, 2.45) is 10.8 Å². The molecule has 0 saturated carbocycles. The summed E-state index contributed by atoms with van der Waals surface area (Å²) >= 11 is 0. The molecule has 0 fully saturated rings. The summed E-state index contributed by atoms with van der Waals surface area (Å²) in [4.78, 5) is 13.4. The molecule has 0 aromatic carbocycles. The zero-order chi connectivity index (χ0) is 21.1. The molecule has 2 aliphatic heterocycles. The number of hydrogen-bond acceptors (Lipinski definition) is 1. The molecule has 0 amide bonds. The third-order valence-corrected chi connectivity index (χ3v) is 45.5. The van der Waals surface area contributed by atoms with E-state index in [2.05, 4.69) is 83.1 Å². The molecule has 1 aromatic heterocycles. The van der Waals surface area contributed by atoms with Gasteiger partial charge in [0.25, 0.3) is 5.52 Å². The quantitative estimate of drug-likeness (QED) is 0.395. The summed E-state index contributed by atoms with van der Waals surface area (Å²) in [7, 11) is -0.191. The van der Waals surface area contributed by atoms with Crippen molar-refractivity contribution in [3.05, 3.63) is 21.2 Å². The molecular weight excluding hydrogens is 404 g/mol. The van der Waals surface area contributed by atoms with Crippen LogP contribution < -0.4 is 0 Å². The summed E-state index contributed by atoms with van der Waals surface area (Å²) in [6.07, 6.45) is 0. The van der Waals surface area contributed by atoms with Gasteiger partial charge in [-0.15, -0.1) is 0 Å². The Kier molecular flexibility index (Phi) is 4.83. The highest BCUT2D eigenvalue weighted by molar-refractivity contribution is 9.10. The number of carbonyl (C=O) groups excluding carboxylic acids is 1. The molecule has 1 nitrogen and oxygen atoms in total. The lowest BCUT2D eigenvalue weighted by atomic mass is 9.86. The Labute approximate surface area is 170 Å². The van der Waals surface area contributed by atoms with Crippen LogP contribution in [-0.2, 0) is 15.6 Å². The maximum Gasteiger partial charge on any atom is 0.280 e. The molecular formula is C22H39OP4+. The molecule has 0 N–H and O–H groups in total. The standard InChI is InChI=1S/C22H39OP4/c1-14(23)27-18(22(11,12)13)17(21(8,9)10)26(27)24-15(19(2,3)4)16(25(24)27)20(5,6)7/h1-13H3/q+1. The molecule has 3 rings (SSSR count). The molecule has 0 saturated heterocycles. The van der Waals surface area contributed by atoms with Crippen LogP contribution in [0, 0.1) is 10.8 Å². The third-order valence-electron chi connectivity index (χ3n) is 5.55. The first-order valence-electron chi connectivity index (χ1n) is 10.1. The van der Waals surface area contributed by atoms with Crippen LogP contribution in [0.4, 0.5) is 0 Å². The van der Waals surface area contributed by atoms with Crippen molar-refractivity contribution in [1.29, 1.82) is 0 Å². The van der Waals surface area contributed by atoms with E-state index in [4.69, 9.17) is 0 Å². The van der Waals surface area contributed by atoms with Crippen LogP contribution in [0.3, 0.4) is 0 Å². The highest BCUT2D eigenvalue weighted by Gasteiger charge is 2.82. The van der Waals surface area contributed by atoms with E-state index in [1.807, 2.05) is 6.92 Å². The van der Waals surface area contributed by atoms with Gasteiger partial charge in [-0.3, -0.25) is 4.79 Å². The smallest absolute Gasteiger partial charge is 0.252 e. The van der Waals surface area contributed by atoms with Crippen molar-refractivity contribution in [1.82, 2.24) is 0 Å². The molecule has 0 bridgehead atoms. The fourth-order valence-corrected chi connectivity index (χ4v) is 61.0. The Balaban J connectivity index is 2.39. The van der Waals surface area contributed by atoms with Gasteiger partial charge in [-0.2, -0.15) is 0 Å². The zero-order valence-corrected chi connectivity index (χ0v) is 23.3. The third kappa shape index (κ3) is 2.75. The van der Waals surface area contributed by atoms with Gasteiger partial charge in [-0.05, 0) is 16.2 Å². The number of allylic oxidation sites excluding steroid dienone is 2. The normalized spacial score (nSPS) is 27.1. The Hall–Kier alpha value is 0.610. The van der Waals surface area contributed by atoms with Crippen LogP contribution in [0.2, 0.25) is 0 Å². The fourth-order valence-electron chi connectivity index (χ4n) is 4.79. The monoisotopic (exact) mass is 443 g/mol. The van der Waals surface area contributed by atoms with Gasteiger partial charge in [0.1, 0.15) is 5.31 Å².